The number of nitrogens with one attached hydrogen (secondary N) is 1. The second-order valence-corrected chi connectivity index (χ2v) is 7.98. The molecule has 0 saturated carbocycles. The molecule has 8 nitrogen and oxygen atoms in total. The second kappa shape index (κ2) is 11.9. The molecule has 0 spiro atoms. The topological polar surface area (TPSA) is 134 Å². The average Bonchev–Trinajstić information content (AvgIpc) is 2.59. The summed E-state index contributed by atoms with van der Waals surface area (Å²) in [4.78, 5) is 33.9. The van der Waals surface area contributed by atoms with Crippen LogP contribution in [0.1, 0.15) is 58.4 Å². The number of rotatable bonds is 12. The van der Waals surface area contributed by atoms with Crippen molar-refractivity contribution in [2.45, 2.75) is 70.9 Å². The van der Waals surface area contributed by atoms with E-state index in [0.29, 0.717) is 18.6 Å². The van der Waals surface area contributed by atoms with Crippen LogP contribution in [0.3, 0.4) is 0 Å². The fourth-order valence-corrected chi connectivity index (χ4v) is 2.60. The van der Waals surface area contributed by atoms with Crippen molar-refractivity contribution in [3.63, 3.8) is 0 Å². The number of carbonyl (C=O) groups is 3. The van der Waals surface area contributed by atoms with Gasteiger partial charge in [-0.15, -0.1) is 0 Å². The maximum absolute atomic E-state index is 12.0. The SMILES string of the molecule is CC(C)(C)OC(=O)N[C@@H](CCC(N)=O)COc1cccc(CCCCC(N)=O)c1. The van der Waals surface area contributed by atoms with Crippen LogP contribution in [0.5, 0.6) is 5.75 Å². The summed E-state index contributed by atoms with van der Waals surface area (Å²) >= 11 is 0. The number of hydrogen-bond acceptors (Lipinski definition) is 5. The molecule has 0 fully saturated rings. The van der Waals surface area contributed by atoms with Gasteiger partial charge in [0.2, 0.25) is 11.8 Å². The molecule has 0 aliphatic carbocycles. The quantitative estimate of drug-likeness (QED) is 0.458. The monoisotopic (exact) mass is 407 g/mol. The van der Waals surface area contributed by atoms with Crippen LogP contribution in [0.4, 0.5) is 4.79 Å². The van der Waals surface area contributed by atoms with Crippen molar-refractivity contribution in [1.29, 1.82) is 0 Å². The highest BCUT2D eigenvalue weighted by Crippen LogP contribution is 2.16. The van der Waals surface area contributed by atoms with Crippen molar-refractivity contribution in [3.8, 4) is 5.75 Å². The van der Waals surface area contributed by atoms with E-state index in [4.69, 9.17) is 20.9 Å². The predicted molar refractivity (Wildman–Crippen MR) is 110 cm³/mol. The highest BCUT2D eigenvalue weighted by Gasteiger charge is 2.20. The zero-order valence-corrected chi connectivity index (χ0v) is 17.5. The van der Waals surface area contributed by atoms with Gasteiger partial charge >= 0.3 is 6.09 Å². The largest absolute Gasteiger partial charge is 0.491 e. The van der Waals surface area contributed by atoms with Gasteiger partial charge in [-0.2, -0.15) is 0 Å². The zero-order chi connectivity index (χ0) is 21.9. The number of carbonyl (C=O) groups excluding carboxylic acids is 3. The van der Waals surface area contributed by atoms with Crippen molar-refractivity contribution in [2.75, 3.05) is 6.61 Å². The van der Waals surface area contributed by atoms with E-state index in [1.807, 2.05) is 24.3 Å². The van der Waals surface area contributed by atoms with Gasteiger partial charge in [0.15, 0.2) is 0 Å². The predicted octanol–water partition coefficient (Wildman–Crippen LogP) is 2.42. The second-order valence-electron chi connectivity index (χ2n) is 7.98. The van der Waals surface area contributed by atoms with Crippen LogP contribution in [0.25, 0.3) is 0 Å². The van der Waals surface area contributed by atoms with Crippen molar-refractivity contribution in [2.24, 2.45) is 11.5 Å². The minimum Gasteiger partial charge on any atom is -0.491 e. The van der Waals surface area contributed by atoms with Crippen molar-refractivity contribution >= 4 is 17.9 Å². The number of benzene rings is 1. The van der Waals surface area contributed by atoms with E-state index in [-0.39, 0.29) is 18.9 Å². The van der Waals surface area contributed by atoms with Crippen LogP contribution in [0.15, 0.2) is 24.3 Å². The molecule has 1 aromatic carbocycles. The Morgan fingerprint density at radius 1 is 1.07 bits per heavy atom. The minimum atomic E-state index is -0.623. The molecule has 0 saturated heterocycles. The molecule has 0 unspecified atom stereocenters. The van der Waals surface area contributed by atoms with Gasteiger partial charge < -0.3 is 26.3 Å². The van der Waals surface area contributed by atoms with E-state index >= 15 is 0 Å². The number of unbranched alkanes of at least 4 members (excludes halogenated alkanes) is 1. The lowest BCUT2D eigenvalue weighted by Crippen LogP contribution is -2.42. The number of hydrogen-bond donors (Lipinski definition) is 3. The number of primary amides is 2. The lowest BCUT2D eigenvalue weighted by atomic mass is 10.1. The molecule has 0 heterocycles. The lowest BCUT2D eigenvalue weighted by molar-refractivity contribution is -0.119. The first-order valence-corrected chi connectivity index (χ1v) is 9.83. The van der Waals surface area contributed by atoms with Crippen LogP contribution in [-0.2, 0) is 20.7 Å². The summed E-state index contributed by atoms with van der Waals surface area (Å²) < 4.78 is 11.1. The number of aryl methyl sites for hydroxylation is 1. The van der Waals surface area contributed by atoms with Gasteiger partial charge in [0, 0.05) is 12.8 Å². The number of alkyl carbamates (subject to hydrolysis) is 1. The van der Waals surface area contributed by atoms with Crippen molar-refractivity contribution in [1.82, 2.24) is 5.32 Å². The molecule has 1 atom stereocenters. The molecule has 0 bridgehead atoms. The Hall–Kier alpha value is -2.77. The summed E-state index contributed by atoms with van der Waals surface area (Å²) in [7, 11) is 0. The molecule has 0 aliphatic heterocycles. The molecule has 0 radical (unpaired) electrons. The molecule has 29 heavy (non-hydrogen) atoms. The van der Waals surface area contributed by atoms with Gasteiger partial charge in [-0.1, -0.05) is 12.1 Å². The Morgan fingerprint density at radius 2 is 1.76 bits per heavy atom. The van der Waals surface area contributed by atoms with E-state index in [1.54, 1.807) is 20.8 Å². The Bertz CT molecular complexity index is 685. The van der Waals surface area contributed by atoms with Crippen LogP contribution in [0.2, 0.25) is 0 Å². The Labute approximate surface area is 172 Å². The third kappa shape index (κ3) is 12.3. The van der Waals surface area contributed by atoms with E-state index < -0.39 is 23.6 Å². The van der Waals surface area contributed by atoms with Crippen LogP contribution >= 0.6 is 0 Å². The maximum Gasteiger partial charge on any atom is 0.407 e. The summed E-state index contributed by atoms with van der Waals surface area (Å²) in [5.41, 5.74) is 10.8. The molecule has 0 aromatic heterocycles. The zero-order valence-electron chi connectivity index (χ0n) is 17.5. The highest BCUT2D eigenvalue weighted by molar-refractivity contribution is 5.74. The molecule has 1 rings (SSSR count). The van der Waals surface area contributed by atoms with E-state index in [2.05, 4.69) is 5.32 Å². The van der Waals surface area contributed by atoms with Gasteiger partial charge in [0.1, 0.15) is 18.0 Å². The summed E-state index contributed by atoms with van der Waals surface area (Å²) in [5, 5.41) is 2.73. The summed E-state index contributed by atoms with van der Waals surface area (Å²) in [6.07, 6.45) is 2.70. The summed E-state index contributed by atoms with van der Waals surface area (Å²) in [5.74, 6) is -0.0759. The third-order valence-corrected chi connectivity index (χ3v) is 3.95. The van der Waals surface area contributed by atoms with Gasteiger partial charge in [-0.3, -0.25) is 9.59 Å². The molecule has 1 aromatic rings. The molecular formula is C21H33N3O5. The van der Waals surface area contributed by atoms with Crippen LogP contribution < -0.4 is 21.5 Å². The number of ether oxygens (including phenoxy) is 2. The third-order valence-electron chi connectivity index (χ3n) is 3.95. The minimum absolute atomic E-state index is 0.129. The smallest absolute Gasteiger partial charge is 0.407 e. The standard InChI is InChI=1S/C21H33N3O5/c1-21(2,3)29-20(27)24-16(11-12-19(23)26)14-28-17-9-6-8-15(13-17)7-4-5-10-18(22)25/h6,8-9,13,16H,4-5,7,10-12,14H2,1-3H3,(H2,22,25)(H2,23,26)(H,24,27)/t16-/m0/s1. The van der Waals surface area contributed by atoms with Crippen LogP contribution in [-0.4, -0.2) is 36.2 Å². The lowest BCUT2D eigenvalue weighted by Gasteiger charge is -2.23. The van der Waals surface area contributed by atoms with Gasteiger partial charge in [0.05, 0.1) is 6.04 Å². The van der Waals surface area contributed by atoms with Gasteiger partial charge in [0.25, 0.3) is 0 Å². The molecular weight excluding hydrogens is 374 g/mol. The Balaban J connectivity index is 2.60. The highest BCUT2D eigenvalue weighted by atomic mass is 16.6. The van der Waals surface area contributed by atoms with Crippen molar-refractivity contribution in [3.05, 3.63) is 29.8 Å². The summed E-state index contributed by atoms with van der Waals surface area (Å²) in [6.45, 7) is 5.50. The van der Waals surface area contributed by atoms with Gasteiger partial charge in [-0.05, 0) is 64.2 Å². The molecule has 8 heteroatoms. The first-order valence-electron chi connectivity index (χ1n) is 9.83. The fourth-order valence-electron chi connectivity index (χ4n) is 2.60. The fraction of sp³-hybridized carbons (Fsp3) is 0.571. The van der Waals surface area contributed by atoms with E-state index in [9.17, 15) is 14.4 Å². The number of nitrogens with two attached hydrogens (primary N) is 2. The molecule has 3 amide bonds. The average molecular weight is 408 g/mol. The van der Waals surface area contributed by atoms with E-state index in [0.717, 1.165) is 24.8 Å². The van der Waals surface area contributed by atoms with Crippen molar-refractivity contribution < 1.29 is 23.9 Å². The number of amides is 3. The molecule has 5 N–H and O–H groups in total. The summed E-state index contributed by atoms with van der Waals surface area (Å²) in [6, 6.07) is 7.20. The van der Waals surface area contributed by atoms with E-state index in [1.165, 1.54) is 0 Å². The Kier molecular flexibility index (Phi) is 9.99. The first-order chi connectivity index (χ1) is 13.5. The normalized spacial score (nSPS) is 12.1. The molecule has 0 aliphatic rings. The van der Waals surface area contributed by atoms with Gasteiger partial charge in [-0.25, -0.2) is 4.79 Å². The first kappa shape index (κ1) is 24.3. The molecule has 162 valence electrons. The van der Waals surface area contributed by atoms with Crippen LogP contribution in [0, 0.1) is 0 Å². The maximum atomic E-state index is 12.0. The Morgan fingerprint density at radius 3 is 2.38 bits per heavy atom.